The molecule has 126 valence electrons. The van der Waals surface area contributed by atoms with Gasteiger partial charge in [-0.3, -0.25) is 0 Å². The molecular weight excluding hydrogens is 301 g/mol. The first-order valence-corrected chi connectivity index (χ1v) is 8.21. The highest BCUT2D eigenvalue weighted by Crippen LogP contribution is 2.36. The molecule has 1 aromatic carbocycles. The lowest BCUT2D eigenvalue weighted by molar-refractivity contribution is 0.00578. The zero-order chi connectivity index (χ0) is 17.4. The van der Waals surface area contributed by atoms with Gasteiger partial charge in [0.15, 0.2) is 0 Å². The highest BCUT2D eigenvalue weighted by Gasteiger charge is 2.51. The van der Waals surface area contributed by atoms with Gasteiger partial charge in [-0.1, -0.05) is 30.3 Å². The zero-order valence-corrected chi connectivity index (χ0v) is 15.0. The van der Waals surface area contributed by atoms with Gasteiger partial charge in [0, 0.05) is 31.4 Å². The minimum atomic E-state index is -0.427. The molecule has 0 aliphatic carbocycles. The average Bonchev–Trinajstić information content (AvgIpc) is 2.76. The van der Waals surface area contributed by atoms with Gasteiger partial charge in [0.2, 0.25) is 5.95 Å². The second kappa shape index (κ2) is 6.18. The molecule has 5 nitrogen and oxygen atoms in total. The predicted molar refractivity (Wildman–Crippen MR) is 96.3 cm³/mol. The Morgan fingerprint density at radius 2 is 1.50 bits per heavy atom. The van der Waals surface area contributed by atoms with Gasteiger partial charge in [-0.25, -0.2) is 9.97 Å². The third kappa shape index (κ3) is 3.30. The standard InChI is InChI=1S/C18H24BN3O2/c1-17(2)18(3,4)24-19(23-17)15-11-20-16(21-12-15)22(5)13-14-9-7-6-8-10-14/h6-12H,13H2,1-5H3. The molecule has 1 fully saturated rings. The molecular formula is C18H24BN3O2. The Morgan fingerprint density at radius 3 is 2.04 bits per heavy atom. The van der Waals surface area contributed by atoms with Crippen LogP contribution in [0.3, 0.4) is 0 Å². The van der Waals surface area contributed by atoms with Gasteiger partial charge in [0.25, 0.3) is 0 Å². The maximum Gasteiger partial charge on any atom is 0.498 e. The normalized spacial score (nSPS) is 18.6. The third-order valence-electron chi connectivity index (χ3n) is 4.79. The van der Waals surface area contributed by atoms with E-state index in [1.807, 2.05) is 57.8 Å². The second-order valence-corrected chi connectivity index (χ2v) is 7.25. The molecule has 1 aliphatic heterocycles. The average molecular weight is 325 g/mol. The number of hydrogen-bond acceptors (Lipinski definition) is 5. The van der Waals surface area contributed by atoms with Gasteiger partial charge in [0.05, 0.1) is 11.2 Å². The highest BCUT2D eigenvalue weighted by atomic mass is 16.7. The minimum absolute atomic E-state index is 0.361. The van der Waals surface area contributed by atoms with E-state index >= 15 is 0 Å². The third-order valence-corrected chi connectivity index (χ3v) is 4.79. The number of nitrogens with zero attached hydrogens (tertiary/aromatic N) is 3. The van der Waals surface area contributed by atoms with Gasteiger partial charge in [-0.05, 0) is 33.3 Å². The fourth-order valence-corrected chi connectivity index (χ4v) is 2.56. The molecule has 2 aromatic rings. The fraction of sp³-hybridized carbons (Fsp3) is 0.444. The molecule has 1 aliphatic rings. The zero-order valence-electron chi connectivity index (χ0n) is 15.0. The molecule has 0 saturated carbocycles. The summed E-state index contributed by atoms with van der Waals surface area (Å²) < 4.78 is 12.1. The first-order chi connectivity index (χ1) is 11.3. The van der Waals surface area contributed by atoms with Crippen molar-refractivity contribution < 1.29 is 9.31 Å². The number of aromatic nitrogens is 2. The van der Waals surface area contributed by atoms with Gasteiger partial charge in [0.1, 0.15) is 0 Å². The molecule has 2 heterocycles. The molecule has 0 bridgehead atoms. The van der Waals surface area contributed by atoms with Crippen molar-refractivity contribution in [2.24, 2.45) is 0 Å². The van der Waals surface area contributed by atoms with E-state index in [1.54, 1.807) is 12.4 Å². The van der Waals surface area contributed by atoms with Crippen LogP contribution in [0.4, 0.5) is 5.95 Å². The molecule has 6 heteroatoms. The van der Waals surface area contributed by atoms with Crippen molar-refractivity contribution in [1.82, 2.24) is 9.97 Å². The number of rotatable bonds is 4. The second-order valence-electron chi connectivity index (χ2n) is 7.25. The number of anilines is 1. The van der Waals surface area contributed by atoms with E-state index in [0.29, 0.717) is 5.95 Å². The lowest BCUT2D eigenvalue weighted by Gasteiger charge is -2.32. The van der Waals surface area contributed by atoms with E-state index in [9.17, 15) is 0 Å². The van der Waals surface area contributed by atoms with Crippen molar-refractivity contribution in [3.63, 3.8) is 0 Å². The van der Waals surface area contributed by atoms with Crippen molar-refractivity contribution >= 4 is 18.5 Å². The van der Waals surface area contributed by atoms with Crippen LogP contribution in [0.2, 0.25) is 0 Å². The fourth-order valence-electron chi connectivity index (χ4n) is 2.56. The topological polar surface area (TPSA) is 47.5 Å². The van der Waals surface area contributed by atoms with E-state index in [-0.39, 0.29) is 11.2 Å². The molecule has 24 heavy (non-hydrogen) atoms. The first kappa shape index (κ1) is 16.9. The summed E-state index contributed by atoms with van der Waals surface area (Å²) in [7, 11) is 1.56. The summed E-state index contributed by atoms with van der Waals surface area (Å²) in [6, 6.07) is 10.3. The summed E-state index contributed by atoms with van der Waals surface area (Å²) in [6.45, 7) is 8.91. The van der Waals surface area contributed by atoms with Crippen molar-refractivity contribution in [3.05, 3.63) is 48.3 Å². The Morgan fingerprint density at radius 1 is 0.958 bits per heavy atom. The van der Waals surface area contributed by atoms with Crippen molar-refractivity contribution in [1.29, 1.82) is 0 Å². The van der Waals surface area contributed by atoms with Crippen LogP contribution in [0.1, 0.15) is 33.3 Å². The number of benzene rings is 1. The van der Waals surface area contributed by atoms with Crippen LogP contribution >= 0.6 is 0 Å². The van der Waals surface area contributed by atoms with Crippen LogP contribution < -0.4 is 10.4 Å². The number of hydrogen-bond donors (Lipinski definition) is 0. The lowest BCUT2D eigenvalue weighted by atomic mass is 9.81. The maximum atomic E-state index is 6.03. The molecule has 0 N–H and O–H groups in total. The van der Waals surface area contributed by atoms with Gasteiger partial charge in [-0.2, -0.15) is 0 Å². The van der Waals surface area contributed by atoms with Gasteiger partial charge < -0.3 is 14.2 Å². The maximum absolute atomic E-state index is 6.03. The van der Waals surface area contributed by atoms with Crippen LogP contribution in [0, 0.1) is 0 Å². The molecule has 1 saturated heterocycles. The molecule has 0 radical (unpaired) electrons. The Balaban J connectivity index is 1.70. The molecule has 0 unspecified atom stereocenters. The van der Waals surface area contributed by atoms with Gasteiger partial charge in [-0.15, -0.1) is 0 Å². The van der Waals surface area contributed by atoms with Crippen LogP contribution in [0.5, 0.6) is 0 Å². The summed E-state index contributed by atoms with van der Waals surface area (Å²) in [5, 5.41) is 0. The Hall–Kier alpha value is -1.92. The van der Waals surface area contributed by atoms with E-state index < -0.39 is 7.12 Å². The van der Waals surface area contributed by atoms with Crippen molar-refractivity contribution in [3.8, 4) is 0 Å². The highest BCUT2D eigenvalue weighted by molar-refractivity contribution is 6.61. The van der Waals surface area contributed by atoms with Crippen LogP contribution in [-0.2, 0) is 15.9 Å². The van der Waals surface area contributed by atoms with Crippen LogP contribution in [-0.4, -0.2) is 35.3 Å². The van der Waals surface area contributed by atoms with Crippen LogP contribution in [0.25, 0.3) is 0 Å². The van der Waals surface area contributed by atoms with Crippen molar-refractivity contribution in [2.45, 2.75) is 45.4 Å². The predicted octanol–water partition coefficient (Wildman–Crippen LogP) is 2.41. The van der Waals surface area contributed by atoms with Crippen LogP contribution in [0.15, 0.2) is 42.7 Å². The molecule has 0 atom stereocenters. The Bertz CT molecular complexity index is 673. The lowest BCUT2D eigenvalue weighted by Crippen LogP contribution is -2.41. The summed E-state index contributed by atoms with van der Waals surface area (Å²) in [5.41, 5.74) is 1.34. The first-order valence-electron chi connectivity index (χ1n) is 8.21. The minimum Gasteiger partial charge on any atom is -0.399 e. The molecule has 0 spiro atoms. The molecule has 0 amide bonds. The quantitative estimate of drug-likeness (QED) is 0.808. The van der Waals surface area contributed by atoms with E-state index in [0.717, 1.165) is 12.0 Å². The van der Waals surface area contributed by atoms with E-state index in [2.05, 4.69) is 22.1 Å². The summed E-state index contributed by atoms with van der Waals surface area (Å²) >= 11 is 0. The molecule has 3 rings (SSSR count). The largest absolute Gasteiger partial charge is 0.498 e. The Kier molecular flexibility index (Phi) is 4.36. The monoisotopic (exact) mass is 325 g/mol. The summed E-state index contributed by atoms with van der Waals surface area (Å²) in [5.74, 6) is 0.680. The summed E-state index contributed by atoms with van der Waals surface area (Å²) in [4.78, 5) is 11.0. The van der Waals surface area contributed by atoms with Gasteiger partial charge >= 0.3 is 7.12 Å². The van der Waals surface area contributed by atoms with E-state index in [4.69, 9.17) is 9.31 Å². The molecule has 1 aromatic heterocycles. The smallest absolute Gasteiger partial charge is 0.399 e. The Labute approximate surface area is 144 Å². The SMILES string of the molecule is CN(Cc1ccccc1)c1ncc(B2OC(C)(C)C(C)(C)O2)cn1. The van der Waals surface area contributed by atoms with E-state index in [1.165, 1.54) is 5.56 Å². The van der Waals surface area contributed by atoms with Crippen molar-refractivity contribution in [2.75, 3.05) is 11.9 Å². The summed E-state index contributed by atoms with van der Waals surface area (Å²) in [6.07, 6.45) is 3.57.